The van der Waals surface area contributed by atoms with Crippen molar-refractivity contribution in [2.75, 3.05) is 13.2 Å². The normalized spacial score (nSPS) is 20.7. The number of carbonyl (C=O) groups is 1. The number of amides is 1. The Bertz CT molecular complexity index is 757. The molecule has 0 spiro atoms. The quantitative estimate of drug-likeness (QED) is 0.843. The highest BCUT2D eigenvalue weighted by molar-refractivity contribution is 6.33. The third kappa shape index (κ3) is 2.94. The molecule has 1 amide bonds. The second kappa shape index (κ2) is 5.90. The van der Waals surface area contributed by atoms with Gasteiger partial charge in [-0.2, -0.15) is 0 Å². The van der Waals surface area contributed by atoms with E-state index in [4.69, 9.17) is 16.3 Å². The molecule has 1 fully saturated rings. The van der Waals surface area contributed by atoms with Crippen LogP contribution in [0.25, 0.3) is 0 Å². The molecular weight excluding hydrogens is 328 g/mol. The van der Waals surface area contributed by atoms with Crippen molar-refractivity contribution in [2.45, 2.75) is 18.9 Å². The molecule has 0 aliphatic carbocycles. The van der Waals surface area contributed by atoms with Gasteiger partial charge in [0.1, 0.15) is 11.4 Å². The first kappa shape index (κ1) is 15.9. The Morgan fingerprint density at radius 3 is 2.78 bits per heavy atom. The van der Waals surface area contributed by atoms with E-state index in [-0.39, 0.29) is 17.2 Å². The molecule has 1 atom stereocenters. The Hall–Kier alpha value is -1.99. The summed E-state index contributed by atoms with van der Waals surface area (Å²) in [7, 11) is 0. The lowest BCUT2D eigenvalue weighted by Gasteiger charge is -2.27. The van der Waals surface area contributed by atoms with Gasteiger partial charge in [0.2, 0.25) is 0 Å². The Balaban J connectivity index is 1.92. The van der Waals surface area contributed by atoms with Crippen LogP contribution in [-0.4, -0.2) is 29.1 Å². The lowest BCUT2D eigenvalue weighted by Crippen LogP contribution is -2.47. The van der Waals surface area contributed by atoms with Crippen molar-refractivity contribution >= 4 is 17.5 Å². The summed E-state index contributed by atoms with van der Waals surface area (Å²) in [6.45, 7) is 2.52. The maximum absolute atomic E-state index is 13.4. The van der Waals surface area contributed by atoms with Crippen molar-refractivity contribution in [3.8, 4) is 0 Å². The highest BCUT2D eigenvalue weighted by Gasteiger charge is 2.41. The van der Waals surface area contributed by atoms with E-state index < -0.39 is 23.1 Å². The van der Waals surface area contributed by atoms with Crippen LogP contribution in [0.5, 0.6) is 0 Å². The number of nitrogens with zero attached hydrogens (tertiary/aromatic N) is 1. The number of aryl methyl sites for hydroxylation is 1. The molecule has 5 nitrogen and oxygen atoms in total. The van der Waals surface area contributed by atoms with Crippen LogP contribution in [0, 0.1) is 18.6 Å². The van der Waals surface area contributed by atoms with E-state index in [1.807, 2.05) is 6.92 Å². The zero-order valence-electron chi connectivity index (χ0n) is 12.3. The second-order valence-electron chi connectivity index (χ2n) is 5.50. The SMILES string of the molecule is Cc1cnc(C2(NC(=O)c3cc(F)c(F)cc3Cl)CCOC2)[nH]1. The van der Waals surface area contributed by atoms with Crippen molar-refractivity contribution in [2.24, 2.45) is 0 Å². The number of halogens is 3. The van der Waals surface area contributed by atoms with Crippen molar-refractivity contribution in [3.63, 3.8) is 0 Å². The summed E-state index contributed by atoms with van der Waals surface area (Å²) in [5.41, 5.74) is -0.147. The fourth-order valence-corrected chi connectivity index (χ4v) is 2.78. The van der Waals surface area contributed by atoms with Crippen LogP contribution < -0.4 is 5.32 Å². The largest absolute Gasteiger partial charge is 0.378 e. The van der Waals surface area contributed by atoms with Crippen LogP contribution in [-0.2, 0) is 10.3 Å². The Morgan fingerprint density at radius 2 is 2.17 bits per heavy atom. The molecule has 2 aromatic rings. The molecule has 1 aliphatic rings. The molecule has 0 saturated carbocycles. The summed E-state index contributed by atoms with van der Waals surface area (Å²) >= 11 is 5.86. The minimum Gasteiger partial charge on any atom is -0.378 e. The summed E-state index contributed by atoms with van der Waals surface area (Å²) in [5.74, 6) is -2.30. The Morgan fingerprint density at radius 1 is 1.43 bits per heavy atom. The number of aromatic nitrogens is 2. The number of ether oxygens (including phenoxy) is 1. The summed E-state index contributed by atoms with van der Waals surface area (Å²) in [6.07, 6.45) is 2.15. The number of hydrogen-bond acceptors (Lipinski definition) is 3. The van der Waals surface area contributed by atoms with Gasteiger partial charge >= 0.3 is 0 Å². The summed E-state index contributed by atoms with van der Waals surface area (Å²) < 4.78 is 31.9. The highest BCUT2D eigenvalue weighted by atomic mass is 35.5. The molecule has 0 radical (unpaired) electrons. The first-order valence-corrected chi connectivity index (χ1v) is 7.36. The third-order valence-corrected chi connectivity index (χ3v) is 4.10. The highest BCUT2D eigenvalue weighted by Crippen LogP contribution is 2.30. The predicted molar refractivity (Wildman–Crippen MR) is 79.3 cm³/mol. The maximum Gasteiger partial charge on any atom is 0.253 e. The molecule has 23 heavy (non-hydrogen) atoms. The van der Waals surface area contributed by atoms with E-state index in [2.05, 4.69) is 15.3 Å². The van der Waals surface area contributed by atoms with Crippen LogP contribution in [0.4, 0.5) is 8.78 Å². The van der Waals surface area contributed by atoms with E-state index >= 15 is 0 Å². The fourth-order valence-electron chi connectivity index (χ4n) is 2.55. The average molecular weight is 342 g/mol. The standard InChI is InChI=1S/C15H14ClF2N3O2/c1-8-6-19-14(20-8)15(2-3-23-7-15)21-13(22)9-4-11(17)12(18)5-10(9)16/h4-6H,2-3,7H2,1H3,(H,19,20)(H,21,22). The van der Waals surface area contributed by atoms with Crippen molar-refractivity contribution in [1.29, 1.82) is 0 Å². The molecule has 8 heteroatoms. The number of hydrogen-bond donors (Lipinski definition) is 2. The maximum atomic E-state index is 13.4. The van der Waals surface area contributed by atoms with Gasteiger partial charge in [0.25, 0.3) is 5.91 Å². The van der Waals surface area contributed by atoms with Crippen LogP contribution in [0.15, 0.2) is 18.3 Å². The number of carbonyl (C=O) groups excluding carboxylic acids is 1. The van der Waals surface area contributed by atoms with Crippen LogP contribution in [0.3, 0.4) is 0 Å². The van der Waals surface area contributed by atoms with Gasteiger partial charge in [0.15, 0.2) is 11.6 Å². The predicted octanol–water partition coefficient (Wildman–Crippen LogP) is 2.70. The molecule has 1 saturated heterocycles. The molecule has 122 valence electrons. The van der Waals surface area contributed by atoms with Crippen LogP contribution in [0.1, 0.15) is 28.3 Å². The third-order valence-electron chi connectivity index (χ3n) is 3.79. The van der Waals surface area contributed by atoms with Gasteiger partial charge in [-0.15, -0.1) is 0 Å². The molecular formula is C15H14ClF2N3O2. The van der Waals surface area contributed by atoms with E-state index in [1.54, 1.807) is 6.20 Å². The minimum absolute atomic E-state index is 0.139. The van der Waals surface area contributed by atoms with Gasteiger partial charge in [-0.05, 0) is 19.1 Å². The van der Waals surface area contributed by atoms with Gasteiger partial charge in [-0.1, -0.05) is 11.6 Å². The van der Waals surface area contributed by atoms with E-state index in [1.165, 1.54) is 0 Å². The number of benzene rings is 1. The summed E-state index contributed by atoms with van der Waals surface area (Å²) in [6, 6.07) is 1.56. The zero-order chi connectivity index (χ0) is 16.6. The van der Waals surface area contributed by atoms with Crippen LogP contribution in [0.2, 0.25) is 5.02 Å². The molecule has 1 unspecified atom stereocenters. The molecule has 1 aromatic heterocycles. The van der Waals surface area contributed by atoms with Gasteiger partial charge in [-0.25, -0.2) is 13.8 Å². The molecule has 0 bridgehead atoms. The number of imidazole rings is 1. The molecule has 1 aliphatic heterocycles. The lowest BCUT2D eigenvalue weighted by atomic mass is 9.97. The summed E-state index contributed by atoms with van der Waals surface area (Å²) in [4.78, 5) is 19.8. The Labute approximate surface area is 136 Å². The topological polar surface area (TPSA) is 67.0 Å². The van der Waals surface area contributed by atoms with Crippen LogP contribution >= 0.6 is 11.6 Å². The van der Waals surface area contributed by atoms with Gasteiger partial charge in [0, 0.05) is 24.9 Å². The summed E-state index contributed by atoms with van der Waals surface area (Å²) in [5, 5.41) is 2.63. The average Bonchev–Trinajstić information content (AvgIpc) is 3.12. The smallest absolute Gasteiger partial charge is 0.253 e. The number of aromatic amines is 1. The van der Waals surface area contributed by atoms with E-state index in [9.17, 15) is 13.6 Å². The second-order valence-corrected chi connectivity index (χ2v) is 5.91. The minimum atomic E-state index is -1.13. The fraction of sp³-hybridized carbons (Fsp3) is 0.333. The molecule has 1 aromatic carbocycles. The Kier molecular flexibility index (Phi) is 4.08. The molecule has 3 rings (SSSR count). The van der Waals surface area contributed by atoms with Gasteiger partial charge < -0.3 is 15.0 Å². The number of H-pyrrole nitrogens is 1. The molecule has 2 heterocycles. The van der Waals surface area contributed by atoms with Gasteiger partial charge in [0.05, 0.1) is 17.2 Å². The van der Waals surface area contributed by atoms with Crippen molar-refractivity contribution in [3.05, 3.63) is 52.1 Å². The number of nitrogens with one attached hydrogen (secondary N) is 2. The number of rotatable bonds is 3. The monoisotopic (exact) mass is 341 g/mol. The van der Waals surface area contributed by atoms with E-state index in [0.717, 1.165) is 17.8 Å². The van der Waals surface area contributed by atoms with Gasteiger partial charge in [-0.3, -0.25) is 4.79 Å². The van der Waals surface area contributed by atoms with E-state index in [0.29, 0.717) is 18.9 Å². The lowest BCUT2D eigenvalue weighted by molar-refractivity contribution is 0.0869. The van der Waals surface area contributed by atoms with Crippen molar-refractivity contribution in [1.82, 2.24) is 15.3 Å². The first-order valence-electron chi connectivity index (χ1n) is 6.98. The first-order chi connectivity index (χ1) is 10.9. The zero-order valence-corrected chi connectivity index (χ0v) is 13.0. The molecule has 2 N–H and O–H groups in total. The van der Waals surface area contributed by atoms with Crippen molar-refractivity contribution < 1.29 is 18.3 Å².